The Morgan fingerprint density at radius 2 is 1.09 bits per heavy atom. The van der Waals surface area contributed by atoms with Gasteiger partial charge in [-0.2, -0.15) is 0 Å². The van der Waals surface area contributed by atoms with Crippen molar-refractivity contribution in [2.75, 3.05) is 6.61 Å². The van der Waals surface area contributed by atoms with Crippen molar-refractivity contribution in [2.45, 2.75) is 104 Å². The first-order chi connectivity index (χ1) is 26.8. The number of benzene rings is 5. The summed E-state index contributed by atoms with van der Waals surface area (Å²) in [5.41, 5.74) is 3.85. The number of hydrogen-bond donors (Lipinski definition) is 0. The van der Waals surface area contributed by atoms with Gasteiger partial charge < -0.3 is 18.9 Å². The molecule has 0 saturated heterocycles. The topological polar surface area (TPSA) is 88.1 Å². The Morgan fingerprint density at radius 1 is 0.545 bits per heavy atom. The molecule has 0 amide bonds. The van der Waals surface area contributed by atoms with E-state index in [0.717, 1.165) is 39.6 Å². The van der Waals surface area contributed by atoms with E-state index < -0.39 is 6.16 Å². The fraction of sp³-hybridized carbons (Fsp3) is 0.354. The molecule has 0 heterocycles. The molecule has 288 valence electrons. The molecule has 7 heteroatoms. The number of esters is 1. The highest BCUT2D eigenvalue weighted by Crippen LogP contribution is 2.27. The minimum absolute atomic E-state index is 0.0975. The van der Waals surface area contributed by atoms with Crippen LogP contribution in [0, 0.1) is 0 Å². The second-order valence-corrected chi connectivity index (χ2v) is 14.2. The Kier molecular flexibility index (Phi) is 15.9. The minimum atomic E-state index is -0.739. The summed E-state index contributed by atoms with van der Waals surface area (Å²) in [6.07, 6.45) is 12.9. The molecule has 0 aliphatic heterocycles. The first kappa shape index (κ1) is 40.7. The summed E-state index contributed by atoms with van der Waals surface area (Å²) in [4.78, 5) is 38.0. The summed E-state index contributed by atoms with van der Waals surface area (Å²) in [6, 6.07) is 33.1. The maximum absolute atomic E-state index is 13.4. The largest absolute Gasteiger partial charge is 0.514 e. The number of rotatable bonds is 21. The molecule has 0 aliphatic carbocycles. The summed E-state index contributed by atoms with van der Waals surface area (Å²) in [6.45, 7) is 6.70. The predicted molar refractivity (Wildman–Crippen MR) is 219 cm³/mol. The molecule has 0 radical (unpaired) electrons. The molecular formula is C48H54O7. The van der Waals surface area contributed by atoms with Gasteiger partial charge in [-0.1, -0.05) is 138 Å². The normalized spacial score (nSPS) is 11.5. The van der Waals surface area contributed by atoms with Crippen molar-refractivity contribution in [3.63, 3.8) is 0 Å². The average molecular weight is 743 g/mol. The summed E-state index contributed by atoms with van der Waals surface area (Å²) in [5, 5.41) is 1.69. The lowest BCUT2D eigenvalue weighted by Crippen LogP contribution is -2.17. The fourth-order valence-corrected chi connectivity index (χ4v) is 6.31. The predicted octanol–water partition coefficient (Wildman–Crippen LogP) is 12.5. The molecule has 0 bridgehead atoms. The van der Waals surface area contributed by atoms with Crippen molar-refractivity contribution >= 4 is 28.7 Å². The Bertz CT molecular complexity index is 1960. The van der Waals surface area contributed by atoms with Crippen LogP contribution >= 0.6 is 0 Å². The lowest BCUT2D eigenvalue weighted by Gasteiger charge is -2.11. The lowest BCUT2D eigenvalue weighted by molar-refractivity contribution is -0.133. The number of hydrogen-bond acceptors (Lipinski definition) is 7. The van der Waals surface area contributed by atoms with Crippen molar-refractivity contribution in [1.29, 1.82) is 0 Å². The van der Waals surface area contributed by atoms with Crippen LogP contribution in [0.3, 0.4) is 0 Å². The molecule has 0 aliphatic rings. The number of ether oxygens (including phenoxy) is 4. The Balaban J connectivity index is 1.04. The molecule has 0 saturated carbocycles. The maximum atomic E-state index is 13.4. The third-order valence-corrected chi connectivity index (χ3v) is 9.75. The molecule has 1 unspecified atom stereocenters. The van der Waals surface area contributed by atoms with Crippen molar-refractivity contribution in [3.8, 4) is 28.4 Å². The van der Waals surface area contributed by atoms with E-state index in [1.54, 1.807) is 30.3 Å². The first-order valence-corrected chi connectivity index (χ1v) is 19.9. The number of fused-ring (bicyclic) bond motifs is 1. The Labute approximate surface area is 326 Å². The zero-order valence-corrected chi connectivity index (χ0v) is 32.5. The second kappa shape index (κ2) is 21.5. The highest BCUT2D eigenvalue weighted by Gasteiger charge is 2.14. The van der Waals surface area contributed by atoms with Gasteiger partial charge in [0.15, 0.2) is 5.78 Å². The molecule has 5 aromatic rings. The van der Waals surface area contributed by atoms with Gasteiger partial charge in [0.25, 0.3) is 0 Å². The SMILES string of the molecule is CCCCCCCCCCCCOc1ccc(CC(=O)Oc2ccc(-c3ccc(C(=O)c4ccc5cc(OC(=O)OC(C)CC)ccc5c4)cc3)cc2)cc1. The van der Waals surface area contributed by atoms with Gasteiger partial charge >= 0.3 is 12.1 Å². The van der Waals surface area contributed by atoms with Crippen molar-refractivity contribution < 1.29 is 33.3 Å². The van der Waals surface area contributed by atoms with E-state index >= 15 is 0 Å². The average Bonchev–Trinajstić information content (AvgIpc) is 3.20. The van der Waals surface area contributed by atoms with Crippen LogP contribution < -0.4 is 14.2 Å². The van der Waals surface area contributed by atoms with Crippen LogP contribution in [0.4, 0.5) is 4.79 Å². The van der Waals surface area contributed by atoms with Gasteiger partial charge in [-0.3, -0.25) is 9.59 Å². The van der Waals surface area contributed by atoms with Crippen LogP contribution in [0.5, 0.6) is 17.2 Å². The number of carbonyl (C=O) groups excluding carboxylic acids is 3. The number of ketones is 1. The summed E-state index contributed by atoms with van der Waals surface area (Å²) in [7, 11) is 0. The van der Waals surface area contributed by atoms with Gasteiger partial charge in [0, 0.05) is 11.1 Å². The molecule has 55 heavy (non-hydrogen) atoms. The third kappa shape index (κ3) is 13.1. The number of unbranched alkanes of at least 4 members (excludes halogenated alkanes) is 9. The third-order valence-electron chi connectivity index (χ3n) is 9.75. The van der Waals surface area contributed by atoms with E-state index in [1.165, 1.54) is 57.8 Å². The van der Waals surface area contributed by atoms with Crippen LogP contribution in [0.1, 0.15) is 113 Å². The molecule has 7 nitrogen and oxygen atoms in total. The van der Waals surface area contributed by atoms with Gasteiger partial charge in [-0.15, -0.1) is 0 Å². The van der Waals surface area contributed by atoms with Crippen LogP contribution in [-0.4, -0.2) is 30.6 Å². The van der Waals surface area contributed by atoms with E-state index in [1.807, 2.05) is 92.7 Å². The van der Waals surface area contributed by atoms with Gasteiger partial charge in [0.05, 0.1) is 13.0 Å². The maximum Gasteiger partial charge on any atom is 0.514 e. The molecule has 0 fully saturated rings. The number of carbonyl (C=O) groups is 3. The molecule has 5 aromatic carbocycles. The molecule has 0 N–H and O–H groups in total. The van der Waals surface area contributed by atoms with E-state index in [-0.39, 0.29) is 24.3 Å². The van der Waals surface area contributed by atoms with Gasteiger partial charge in [0.2, 0.25) is 0 Å². The smallest absolute Gasteiger partial charge is 0.494 e. The van der Waals surface area contributed by atoms with Crippen LogP contribution in [0.25, 0.3) is 21.9 Å². The van der Waals surface area contributed by atoms with E-state index in [0.29, 0.717) is 35.7 Å². The first-order valence-electron chi connectivity index (χ1n) is 19.9. The second-order valence-electron chi connectivity index (χ2n) is 14.2. The van der Waals surface area contributed by atoms with Crippen LogP contribution in [0.2, 0.25) is 0 Å². The summed E-state index contributed by atoms with van der Waals surface area (Å²) >= 11 is 0. The van der Waals surface area contributed by atoms with E-state index in [9.17, 15) is 14.4 Å². The lowest BCUT2D eigenvalue weighted by atomic mass is 9.97. The quantitative estimate of drug-likeness (QED) is 0.0243. The van der Waals surface area contributed by atoms with Gasteiger partial charge in [-0.05, 0) is 89.7 Å². The molecular weight excluding hydrogens is 689 g/mol. The highest BCUT2D eigenvalue weighted by molar-refractivity contribution is 6.10. The summed E-state index contributed by atoms with van der Waals surface area (Å²) < 4.78 is 22.0. The Morgan fingerprint density at radius 3 is 1.75 bits per heavy atom. The molecule has 0 spiro atoms. The highest BCUT2D eigenvalue weighted by atomic mass is 16.7. The minimum Gasteiger partial charge on any atom is -0.494 e. The molecule has 1 atom stereocenters. The van der Waals surface area contributed by atoms with Crippen LogP contribution in [-0.2, 0) is 16.0 Å². The summed E-state index contributed by atoms with van der Waals surface area (Å²) in [5.74, 6) is 1.23. The Hall–Kier alpha value is -5.43. The molecule has 5 rings (SSSR count). The molecule has 0 aromatic heterocycles. The van der Waals surface area contributed by atoms with Crippen molar-refractivity contribution in [3.05, 3.63) is 126 Å². The standard InChI is InChI=1S/C48H54O7/c1-4-6-7-8-9-10-11-12-13-14-31-52-43-26-15-36(16-27-43)32-46(49)54-44-28-23-38(24-29-44)37-17-19-39(20-18-37)47(50)42-22-21-41-34-45(30-25-40(41)33-42)55-48(51)53-35(3)5-2/h15-30,33-35H,4-14,31-32H2,1-3H3. The van der Waals surface area contributed by atoms with E-state index in [4.69, 9.17) is 18.9 Å². The van der Waals surface area contributed by atoms with Gasteiger partial charge in [0.1, 0.15) is 23.4 Å². The monoisotopic (exact) mass is 742 g/mol. The van der Waals surface area contributed by atoms with Crippen LogP contribution in [0.15, 0.2) is 109 Å². The van der Waals surface area contributed by atoms with Gasteiger partial charge in [-0.25, -0.2) is 4.79 Å². The van der Waals surface area contributed by atoms with Crippen molar-refractivity contribution in [1.82, 2.24) is 0 Å². The fourth-order valence-electron chi connectivity index (χ4n) is 6.31. The van der Waals surface area contributed by atoms with E-state index in [2.05, 4.69) is 6.92 Å². The van der Waals surface area contributed by atoms with Crippen molar-refractivity contribution in [2.24, 2.45) is 0 Å². The zero-order chi connectivity index (χ0) is 38.8. The zero-order valence-electron chi connectivity index (χ0n) is 32.5.